The molecule has 3 aromatic rings. The minimum absolute atomic E-state index is 0.00586. The largest absolute Gasteiger partial charge is 0.486 e. The monoisotopic (exact) mass is 430 g/mol. The molecule has 0 radical (unpaired) electrons. The van der Waals surface area contributed by atoms with Crippen LogP contribution in [0.15, 0.2) is 60.0 Å². The maximum Gasteiger partial charge on any atom is 0.254 e. The third-order valence-electron chi connectivity index (χ3n) is 4.21. The van der Waals surface area contributed by atoms with Gasteiger partial charge in [0.15, 0.2) is 0 Å². The number of ether oxygens (including phenoxy) is 2. The van der Waals surface area contributed by atoms with Crippen molar-refractivity contribution in [3.05, 3.63) is 81.3 Å². The van der Waals surface area contributed by atoms with Gasteiger partial charge in [-0.25, -0.2) is 4.98 Å². The molecule has 1 heterocycles. The summed E-state index contributed by atoms with van der Waals surface area (Å²) in [6.45, 7) is 2.04. The third kappa shape index (κ3) is 6.56. The molecular formula is C22H23ClN2O3S. The molecule has 0 unspecified atom stereocenters. The summed E-state index contributed by atoms with van der Waals surface area (Å²) in [5.41, 5.74) is 1.53. The Morgan fingerprint density at radius 2 is 1.90 bits per heavy atom. The van der Waals surface area contributed by atoms with Crippen molar-refractivity contribution in [1.29, 1.82) is 0 Å². The Morgan fingerprint density at radius 1 is 1.14 bits per heavy atom. The van der Waals surface area contributed by atoms with E-state index in [1.54, 1.807) is 19.2 Å². The summed E-state index contributed by atoms with van der Waals surface area (Å²) in [5, 5.41) is 3.51. The average Bonchev–Trinajstić information content (AvgIpc) is 3.20. The lowest BCUT2D eigenvalue weighted by molar-refractivity contribution is 0.0721. The molecule has 1 aromatic heterocycles. The molecule has 7 heteroatoms. The summed E-state index contributed by atoms with van der Waals surface area (Å²) in [4.78, 5) is 19.4. The molecule has 3 rings (SSSR count). The molecule has 5 nitrogen and oxygen atoms in total. The first-order chi connectivity index (χ1) is 14.2. The van der Waals surface area contributed by atoms with Gasteiger partial charge in [0, 0.05) is 36.2 Å². The van der Waals surface area contributed by atoms with Gasteiger partial charge in [-0.15, -0.1) is 11.3 Å². The van der Waals surface area contributed by atoms with Crippen LogP contribution in [0.2, 0.25) is 5.02 Å². The van der Waals surface area contributed by atoms with Crippen LogP contribution in [-0.2, 0) is 17.9 Å². The Bertz CT molecular complexity index is 900. The van der Waals surface area contributed by atoms with Gasteiger partial charge in [0.1, 0.15) is 17.4 Å². The van der Waals surface area contributed by atoms with Gasteiger partial charge in [-0.2, -0.15) is 0 Å². The zero-order valence-corrected chi connectivity index (χ0v) is 17.8. The van der Waals surface area contributed by atoms with Gasteiger partial charge < -0.3 is 14.4 Å². The zero-order chi connectivity index (χ0) is 20.5. The number of benzene rings is 2. The van der Waals surface area contributed by atoms with Crippen molar-refractivity contribution in [3.63, 3.8) is 0 Å². The van der Waals surface area contributed by atoms with Crippen LogP contribution in [0, 0.1) is 0 Å². The van der Waals surface area contributed by atoms with Crippen LogP contribution in [0.5, 0.6) is 5.75 Å². The van der Waals surface area contributed by atoms with Gasteiger partial charge in [-0.1, -0.05) is 29.8 Å². The summed E-state index contributed by atoms with van der Waals surface area (Å²) in [7, 11) is 1.66. The topological polar surface area (TPSA) is 51.7 Å². The number of methoxy groups -OCH3 is 1. The number of hydrogen-bond donors (Lipinski definition) is 0. The SMILES string of the molecule is COCCCN(Cc1csc(COc2ccc(Cl)cc2)n1)C(=O)c1ccccc1. The fourth-order valence-corrected chi connectivity index (χ4v) is 3.60. The van der Waals surface area contributed by atoms with Crippen molar-refractivity contribution in [2.24, 2.45) is 0 Å². The Morgan fingerprint density at radius 3 is 2.62 bits per heavy atom. The van der Waals surface area contributed by atoms with Gasteiger partial charge in [0.25, 0.3) is 5.91 Å². The molecule has 0 aliphatic rings. The maximum absolute atomic E-state index is 12.9. The molecule has 0 aliphatic carbocycles. The van der Waals surface area contributed by atoms with Crippen LogP contribution in [0.3, 0.4) is 0 Å². The Kier molecular flexibility index (Phi) is 8.04. The molecule has 0 N–H and O–H groups in total. The second-order valence-electron chi connectivity index (χ2n) is 6.41. The Labute approximate surface area is 179 Å². The lowest BCUT2D eigenvalue weighted by atomic mass is 10.2. The van der Waals surface area contributed by atoms with E-state index in [-0.39, 0.29) is 5.91 Å². The van der Waals surface area contributed by atoms with E-state index in [2.05, 4.69) is 4.98 Å². The zero-order valence-electron chi connectivity index (χ0n) is 16.2. The molecule has 0 spiro atoms. The van der Waals surface area contributed by atoms with Gasteiger partial charge in [0.2, 0.25) is 0 Å². The standard InChI is InChI=1S/C22H23ClN2O3S/c1-27-13-5-12-25(22(26)17-6-3-2-4-7-17)14-19-16-29-21(24-19)15-28-20-10-8-18(23)9-11-20/h2-4,6-11,16H,5,12-15H2,1H3. The highest BCUT2D eigenvalue weighted by Gasteiger charge is 2.17. The normalized spacial score (nSPS) is 10.7. The van der Waals surface area contributed by atoms with Crippen LogP contribution in [0.1, 0.15) is 27.5 Å². The van der Waals surface area contributed by atoms with E-state index in [4.69, 9.17) is 21.1 Å². The highest BCUT2D eigenvalue weighted by atomic mass is 35.5. The number of carbonyl (C=O) groups is 1. The highest BCUT2D eigenvalue weighted by Crippen LogP contribution is 2.19. The van der Waals surface area contributed by atoms with E-state index in [0.29, 0.717) is 36.9 Å². The van der Waals surface area contributed by atoms with Crippen molar-refractivity contribution >= 4 is 28.8 Å². The molecule has 0 saturated carbocycles. The van der Waals surface area contributed by atoms with Crippen molar-refractivity contribution < 1.29 is 14.3 Å². The Balaban J connectivity index is 1.62. The number of carbonyl (C=O) groups excluding carboxylic acids is 1. The van der Waals surface area contributed by atoms with E-state index < -0.39 is 0 Å². The minimum Gasteiger partial charge on any atom is -0.486 e. The molecule has 2 aromatic carbocycles. The quantitative estimate of drug-likeness (QED) is 0.422. The Hall–Kier alpha value is -2.41. The summed E-state index contributed by atoms with van der Waals surface area (Å²) >= 11 is 7.41. The number of thiazole rings is 1. The van der Waals surface area contributed by atoms with Crippen molar-refractivity contribution in [3.8, 4) is 5.75 Å². The van der Waals surface area contributed by atoms with Crippen LogP contribution >= 0.6 is 22.9 Å². The first-order valence-corrected chi connectivity index (χ1v) is 10.6. The summed E-state index contributed by atoms with van der Waals surface area (Å²) in [5.74, 6) is 0.736. The predicted octanol–water partition coefficient (Wildman–Crippen LogP) is 5.05. The molecule has 0 atom stereocenters. The van der Waals surface area contributed by atoms with Crippen LogP contribution < -0.4 is 4.74 Å². The van der Waals surface area contributed by atoms with Gasteiger partial charge >= 0.3 is 0 Å². The molecule has 1 amide bonds. The van der Waals surface area contributed by atoms with E-state index in [0.717, 1.165) is 22.9 Å². The molecule has 152 valence electrons. The van der Waals surface area contributed by atoms with Crippen LogP contribution in [-0.4, -0.2) is 36.1 Å². The van der Waals surface area contributed by atoms with Gasteiger partial charge in [-0.05, 0) is 42.8 Å². The number of nitrogens with zero attached hydrogens (tertiary/aromatic N) is 2. The lowest BCUT2D eigenvalue weighted by Gasteiger charge is -2.22. The number of rotatable bonds is 10. The second kappa shape index (κ2) is 11.0. The highest BCUT2D eigenvalue weighted by molar-refractivity contribution is 7.09. The number of hydrogen-bond acceptors (Lipinski definition) is 5. The lowest BCUT2D eigenvalue weighted by Crippen LogP contribution is -2.32. The number of amides is 1. The fourth-order valence-electron chi connectivity index (χ4n) is 2.77. The van der Waals surface area contributed by atoms with Crippen molar-refractivity contribution in [2.45, 2.75) is 19.6 Å². The summed E-state index contributed by atoms with van der Waals surface area (Å²) < 4.78 is 10.9. The van der Waals surface area contributed by atoms with Gasteiger partial charge in [0.05, 0.1) is 12.2 Å². The van der Waals surface area contributed by atoms with E-state index in [9.17, 15) is 4.79 Å². The molecule has 0 bridgehead atoms. The van der Waals surface area contributed by atoms with E-state index in [1.165, 1.54) is 11.3 Å². The van der Waals surface area contributed by atoms with Crippen molar-refractivity contribution in [2.75, 3.05) is 20.3 Å². The molecular weight excluding hydrogens is 408 g/mol. The smallest absolute Gasteiger partial charge is 0.254 e. The average molecular weight is 431 g/mol. The van der Waals surface area contributed by atoms with Crippen LogP contribution in [0.4, 0.5) is 0 Å². The van der Waals surface area contributed by atoms with Gasteiger partial charge in [-0.3, -0.25) is 4.79 Å². The summed E-state index contributed by atoms with van der Waals surface area (Å²) in [6.07, 6.45) is 0.770. The van der Waals surface area contributed by atoms with E-state index >= 15 is 0 Å². The minimum atomic E-state index is -0.00586. The van der Waals surface area contributed by atoms with Crippen molar-refractivity contribution in [1.82, 2.24) is 9.88 Å². The first-order valence-electron chi connectivity index (χ1n) is 9.30. The molecule has 29 heavy (non-hydrogen) atoms. The fraction of sp³-hybridized carbons (Fsp3) is 0.273. The maximum atomic E-state index is 12.9. The number of halogens is 1. The third-order valence-corrected chi connectivity index (χ3v) is 5.34. The van der Waals surface area contributed by atoms with E-state index in [1.807, 2.05) is 52.7 Å². The second-order valence-corrected chi connectivity index (χ2v) is 7.79. The summed E-state index contributed by atoms with van der Waals surface area (Å²) in [6, 6.07) is 16.5. The first kappa shape index (κ1) is 21.3. The number of aromatic nitrogens is 1. The molecule has 0 aliphatic heterocycles. The molecule has 0 saturated heterocycles. The predicted molar refractivity (Wildman–Crippen MR) is 116 cm³/mol. The molecule has 0 fully saturated rings. The van der Waals surface area contributed by atoms with Crippen LogP contribution in [0.25, 0.3) is 0 Å².